The Morgan fingerprint density at radius 1 is 1.07 bits per heavy atom. The molecule has 0 spiro atoms. The van der Waals surface area contributed by atoms with Gasteiger partial charge in [-0.25, -0.2) is 4.79 Å². The molecular weight excluding hydrogens is 376 g/mol. The molecule has 0 aromatic heterocycles. The molecule has 0 radical (unpaired) electrons. The topological polar surface area (TPSA) is 50.8 Å². The summed E-state index contributed by atoms with van der Waals surface area (Å²) in [5, 5.41) is 2.48. The molecule has 1 aliphatic heterocycles. The first kappa shape index (κ1) is 22.3. The van der Waals surface area contributed by atoms with E-state index in [1.165, 1.54) is 12.0 Å². The molecule has 1 heterocycles. The Bertz CT molecular complexity index is 786. The number of amides is 1. The van der Waals surface area contributed by atoms with E-state index in [1.807, 2.05) is 18.2 Å². The zero-order valence-electron chi connectivity index (χ0n) is 18.2. The summed E-state index contributed by atoms with van der Waals surface area (Å²) in [6.45, 7) is 6.68. The van der Waals surface area contributed by atoms with E-state index >= 15 is 0 Å². The third-order valence-corrected chi connectivity index (χ3v) is 6.04. The van der Waals surface area contributed by atoms with E-state index in [9.17, 15) is 4.79 Å². The number of carbonyl (C=O) groups is 1. The van der Waals surface area contributed by atoms with Crippen molar-refractivity contribution in [3.8, 4) is 5.75 Å². The zero-order valence-corrected chi connectivity index (χ0v) is 18.2. The molecule has 0 saturated carbocycles. The highest BCUT2D eigenvalue weighted by atomic mass is 16.5. The normalized spacial score (nSPS) is 16.2. The first-order valence-electron chi connectivity index (χ1n) is 10.9. The molecule has 2 aromatic carbocycles. The molecule has 3 rings (SSSR count). The second-order valence-electron chi connectivity index (χ2n) is 8.19. The molecule has 1 aliphatic rings. The molecule has 1 amide bonds. The number of carbonyl (C=O) groups excluding carboxylic acids is 1. The molecule has 0 unspecified atom stereocenters. The largest absolute Gasteiger partial charge is 0.412 e. The first-order valence-corrected chi connectivity index (χ1v) is 10.9. The quantitative estimate of drug-likeness (QED) is 0.653. The van der Waals surface area contributed by atoms with Crippen molar-refractivity contribution >= 4 is 6.09 Å². The van der Waals surface area contributed by atoms with Gasteiger partial charge < -0.3 is 14.8 Å². The minimum absolute atomic E-state index is 0.256. The lowest BCUT2D eigenvalue weighted by molar-refractivity contribution is -0.00232. The van der Waals surface area contributed by atoms with Crippen LogP contribution in [0.3, 0.4) is 0 Å². The molecular formula is C25H34N2O3. The van der Waals surface area contributed by atoms with Gasteiger partial charge >= 0.3 is 6.09 Å². The van der Waals surface area contributed by atoms with Gasteiger partial charge in [0.2, 0.25) is 0 Å². The third-order valence-electron chi connectivity index (χ3n) is 6.04. The molecule has 0 aliphatic carbocycles. The van der Waals surface area contributed by atoms with Crippen LogP contribution in [0.15, 0.2) is 54.6 Å². The van der Waals surface area contributed by atoms with Gasteiger partial charge in [0.05, 0.1) is 6.61 Å². The standard InChI is InChI=1S/C25H34N2O3/c1-3-29-20-25(13-12-21-8-5-4-6-9-21)14-16-27(17-15-25)19-22-10-7-11-23(18-22)30-24(28)26-2/h4-11,18H,3,12-17,19-20H2,1-2H3,(H,26,28). The summed E-state index contributed by atoms with van der Waals surface area (Å²) >= 11 is 0. The van der Waals surface area contributed by atoms with E-state index in [1.54, 1.807) is 7.05 Å². The van der Waals surface area contributed by atoms with Crippen molar-refractivity contribution in [3.05, 3.63) is 65.7 Å². The van der Waals surface area contributed by atoms with Gasteiger partial charge in [-0.2, -0.15) is 0 Å². The predicted molar refractivity (Wildman–Crippen MR) is 120 cm³/mol. The summed E-state index contributed by atoms with van der Waals surface area (Å²) in [4.78, 5) is 13.9. The van der Waals surface area contributed by atoms with Crippen LogP contribution in [-0.2, 0) is 17.7 Å². The fourth-order valence-electron chi connectivity index (χ4n) is 4.15. The lowest BCUT2D eigenvalue weighted by Gasteiger charge is -2.42. The maximum absolute atomic E-state index is 11.4. The second-order valence-corrected chi connectivity index (χ2v) is 8.19. The van der Waals surface area contributed by atoms with Crippen LogP contribution >= 0.6 is 0 Å². The first-order chi connectivity index (χ1) is 14.6. The van der Waals surface area contributed by atoms with E-state index in [-0.39, 0.29) is 5.41 Å². The van der Waals surface area contributed by atoms with Gasteiger partial charge in [0.1, 0.15) is 5.75 Å². The van der Waals surface area contributed by atoms with Crippen LogP contribution in [0.1, 0.15) is 37.3 Å². The Morgan fingerprint density at radius 3 is 2.50 bits per heavy atom. The monoisotopic (exact) mass is 410 g/mol. The highest BCUT2D eigenvalue weighted by Crippen LogP contribution is 2.37. The minimum atomic E-state index is -0.441. The van der Waals surface area contributed by atoms with Gasteiger partial charge in [-0.15, -0.1) is 0 Å². The minimum Gasteiger partial charge on any atom is -0.410 e. The zero-order chi connectivity index (χ0) is 21.2. The number of hydrogen-bond acceptors (Lipinski definition) is 4. The smallest absolute Gasteiger partial charge is 0.410 e. The number of rotatable bonds is 9. The number of nitrogens with one attached hydrogen (secondary N) is 1. The van der Waals surface area contributed by atoms with Crippen LogP contribution in [0, 0.1) is 5.41 Å². The number of benzene rings is 2. The van der Waals surface area contributed by atoms with Crippen molar-refractivity contribution < 1.29 is 14.3 Å². The molecule has 2 aromatic rings. The van der Waals surface area contributed by atoms with Crippen molar-refractivity contribution in [2.24, 2.45) is 5.41 Å². The average Bonchev–Trinajstić information content (AvgIpc) is 2.79. The lowest BCUT2D eigenvalue weighted by Crippen LogP contribution is -2.42. The Labute approximate surface area is 180 Å². The number of nitrogens with zero attached hydrogens (tertiary/aromatic N) is 1. The summed E-state index contributed by atoms with van der Waals surface area (Å²) in [6, 6.07) is 18.6. The molecule has 5 heteroatoms. The molecule has 30 heavy (non-hydrogen) atoms. The summed E-state index contributed by atoms with van der Waals surface area (Å²) in [5.74, 6) is 0.581. The highest BCUT2D eigenvalue weighted by Gasteiger charge is 2.34. The van der Waals surface area contributed by atoms with Crippen LogP contribution in [0.25, 0.3) is 0 Å². The van der Waals surface area contributed by atoms with E-state index in [2.05, 4.69) is 53.5 Å². The molecule has 1 saturated heterocycles. The fourth-order valence-corrected chi connectivity index (χ4v) is 4.15. The number of piperidine rings is 1. The molecule has 1 N–H and O–H groups in total. The van der Waals surface area contributed by atoms with Crippen LogP contribution < -0.4 is 10.1 Å². The lowest BCUT2D eigenvalue weighted by atomic mass is 9.74. The number of aryl methyl sites for hydroxylation is 1. The van der Waals surface area contributed by atoms with E-state index in [0.29, 0.717) is 5.75 Å². The Kier molecular flexibility index (Phi) is 8.29. The van der Waals surface area contributed by atoms with Gasteiger partial charge in [-0.3, -0.25) is 4.90 Å². The van der Waals surface area contributed by atoms with Crippen LogP contribution in [0.5, 0.6) is 5.75 Å². The summed E-state index contributed by atoms with van der Waals surface area (Å²) in [6.07, 6.45) is 4.12. The molecule has 0 atom stereocenters. The van der Waals surface area contributed by atoms with Gasteiger partial charge in [0, 0.05) is 20.2 Å². The van der Waals surface area contributed by atoms with Crippen molar-refractivity contribution in [1.29, 1.82) is 0 Å². The Balaban J connectivity index is 1.56. The van der Waals surface area contributed by atoms with Gasteiger partial charge in [-0.1, -0.05) is 42.5 Å². The third kappa shape index (κ3) is 6.57. The van der Waals surface area contributed by atoms with Gasteiger partial charge in [0.15, 0.2) is 0 Å². The van der Waals surface area contributed by atoms with Gasteiger partial charge in [0.25, 0.3) is 0 Å². The SMILES string of the molecule is CCOCC1(CCc2ccccc2)CCN(Cc2cccc(OC(=O)NC)c2)CC1. The Hall–Kier alpha value is -2.37. The fraction of sp³-hybridized carbons (Fsp3) is 0.480. The number of hydrogen-bond donors (Lipinski definition) is 1. The molecule has 162 valence electrons. The second kappa shape index (κ2) is 11.1. The van der Waals surface area contributed by atoms with Crippen LogP contribution in [0.2, 0.25) is 0 Å². The molecule has 5 nitrogen and oxygen atoms in total. The van der Waals surface area contributed by atoms with Crippen molar-refractivity contribution in [1.82, 2.24) is 10.2 Å². The van der Waals surface area contributed by atoms with E-state index in [0.717, 1.165) is 57.7 Å². The van der Waals surface area contributed by atoms with Gasteiger partial charge in [-0.05, 0) is 74.4 Å². The Morgan fingerprint density at radius 2 is 1.80 bits per heavy atom. The van der Waals surface area contributed by atoms with Crippen molar-refractivity contribution in [2.45, 2.75) is 39.2 Å². The predicted octanol–water partition coefficient (Wildman–Crippen LogP) is 4.66. The van der Waals surface area contributed by atoms with E-state index in [4.69, 9.17) is 9.47 Å². The summed E-state index contributed by atoms with van der Waals surface area (Å²) in [7, 11) is 1.56. The summed E-state index contributed by atoms with van der Waals surface area (Å²) in [5.41, 5.74) is 2.83. The van der Waals surface area contributed by atoms with Crippen LogP contribution in [-0.4, -0.2) is 44.3 Å². The molecule has 1 fully saturated rings. The van der Waals surface area contributed by atoms with Crippen molar-refractivity contribution in [3.63, 3.8) is 0 Å². The maximum atomic E-state index is 11.4. The van der Waals surface area contributed by atoms with Crippen LogP contribution in [0.4, 0.5) is 4.79 Å². The van der Waals surface area contributed by atoms with Crippen molar-refractivity contribution in [2.75, 3.05) is 33.4 Å². The summed E-state index contributed by atoms with van der Waals surface area (Å²) < 4.78 is 11.2. The number of ether oxygens (including phenoxy) is 2. The molecule has 0 bridgehead atoms. The maximum Gasteiger partial charge on any atom is 0.412 e. The number of likely N-dealkylation sites (tertiary alicyclic amines) is 1. The highest BCUT2D eigenvalue weighted by molar-refractivity contribution is 5.69. The average molecular weight is 411 g/mol. The van der Waals surface area contributed by atoms with E-state index < -0.39 is 6.09 Å².